The van der Waals surface area contributed by atoms with Gasteiger partial charge in [-0.1, -0.05) is 30.4 Å². The number of hydrogen-bond donors (Lipinski definition) is 1. The van der Waals surface area contributed by atoms with Gasteiger partial charge in [0.15, 0.2) is 0 Å². The van der Waals surface area contributed by atoms with E-state index in [2.05, 4.69) is 0 Å². The van der Waals surface area contributed by atoms with Crippen LogP contribution in [0.15, 0.2) is 40.6 Å². The highest BCUT2D eigenvalue weighted by atomic mass is 32.2. The second kappa shape index (κ2) is 4.83. The summed E-state index contributed by atoms with van der Waals surface area (Å²) in [7, 11) is -3.53. The van der Waals surface area contributed by atoms with E-state index in [9.17, 15) is 8.42 Å². The SMILES string of the molecule is NC(=S)c1ccc(S(=O)(=O)N2CCc3ccccc32)s1. The molecule has 0 fully saturated rings. The summed E-state index contributed by atoms with van der Waals surface area (Å²) in [6, 6.07) is 10.8. The predicted octanol–water partition coefficient (Wildman–Crippen LogP) is 2.13. The lowest BCUT2D eigenvalue weighted by Gasteiger charge is -2.18. The van der Waals surface area contributed by atoms with Gasteiger partial charge in [-0.25, -0.2) is 8.42 Å². The van der Waals surface area contributed by atoms with Crippen LogP contribution >= 0.6 is 23.6 Å². The molecule has 4 nitrogen and oxygen atoms in total. The zero-order valence-electron chi connectivity index (χ0n) is 10.4. The maximum absolute atomic E-state index is 12.7. The lowest BCUT2D eigenvalue weighted by Crippen LogP contribution is -2.28. The van der Waals surface area contributed by atoms with Crippen molar-refractivity contribution in [1.29, 1.82) is 0 Å². The van der Waals surface area contributed by atoms with Crippen LogP contribution in [0.1, 0.15) is 10.4 Å². The molecule has 20 heavy (non-hydrogen) atoms. The van der Waals surface area contributed by atoms with E-state index in [1.165, 1.54) is 4.31 Å². The number of fused-ring (bicyclic) bond motifs is 1. The minimum absolute atomic E-state index is 0.221. The van der Waals surface area contributed by atoms with E-state index < -0.39 is 10.0 Å². The van der Waals surface area contributed by atoms with E-state index in [-0.39, 0.29) is 9.20 Å². The van der Waals surface area contributed by atoms with Crippen molar-refractivity contribution in [2.75, 3.05) is 10.8 Å². The van der Waals surface area contributed by atoms with Gasteiger partial charge in [-0.2, -0.15) is 0 Å². The highest BCUT2D eigenvalue weighted by Gasteiger charge is 2.31. The molecule has 1 aliphatic heterocycles. The average Bonchev–Trinajstić information content (AvgIpc) is 3.06. The highest BCUT2D eigenvalue weighted by Crippen LogP contribution is 2.34. The molecular formula is C13H12N2O2S3. The van der Waals surface area contributed by atoms with Gasteiger partial charge in [0.2, 0.25) is 0 Å². The minimum Gasteiger partial charge on any atom is -0.389 e. The van der Waals surface area contributed by atoms with Crippen LogP contribution in [0.2, 0.25) is 0 Å². The van der Waals surface area contributed by atoms with Crippen LogP contribution in [0, 0.1) is 0 Å². The van der Waals surface area contributed by atoms with Gasteiger partial charge in [0.1, 0.15) is 9.20 Å². The maximum Gasteiger partial charge on any atom is 0.273 e. The first-order valence-electron chi connectivity index (χ1n) is 6.00. The topological polar surface area (TPSA) is 63.4 Å². The fourth-order valence-electron chi connectivity index (χ4n) is 2.26. The molecule has 0 bridgehead atoms. The molecule has 2 heterocycles. The van der Waals surface area contributed by atoms with Gasteiger partial charge in [0, 0.05) is 6.54 Å². The third-order valence-electron chi connectivity index (χ3n) is 3.21. The van der Waals surface area contributed by atoms with Crippen LogP contribution in [0.4, 0.5) is 5.69 Å². The lowest BCUT2D eigenvalue weighted by molar-refractivity contribution is 0.594. The summed E-state index contributed by atoms with van der Waals surface area (Å²) in [5, 5.41) is 0. The molecule has 1 aromatic carbocycles. The smallest absolute Gasteiger partial charge is 0.273 e. The maximum atomic E-state index is 12.7. The molecule has 3 rings (SSSR count). The number of nitrogens with two attached hydrogens (primary N) is 1. The van der Waals surface area contributed by atoms with E-state index in [1.54, 1.807) is 12.1 Å². The van der Waals surface area contributed by atoms with Crippen molar-refractivity contribution in [2.24, 2.45) is 5.73 Å². The molecule has 0 aliphatic carbocycles. The third kappa shape index (κ3) is 2.11. The van der Waals surface area contributed by atoms with Gasteiger partial charge in [-0.05, 0) is 30.2 Å². The fraction of sp³-hybridized carbons (Fsp3) is 0.154. The summed E-state index contributed by atoms with van der Waals surface area (Å²) in [6.45, 7) is 0.474. The molecule has 2 aromatic rings. The number of rotatable bonds is 3. The van der Waals surface area contributed by atoms with Crippen LogP contribution < -0.4 is 10.0 Å². The van der Waals surface area contributed by atoms with E-state index in [4.69, 9.17) is 18.0 Å². The molecule has 0 saturated carbocycles. The number of sulfonamides is 1. The summed E-state index contributed by atoms with van der Waals surface area (Å²) in [5.74, 6) is 0. The minimum atomic E-state index is -3.53. The van der Waals surface area contributed by atoms with E-state index in [0.29, 0.717) is 11.4 Å². The Morgan fingerprint density at radius 2 is 2.00 bits per heavy atom. The molecule has 7 heteroatoms. The summed E-state index contributed by atoms with van der Waals surface area (Å²) in [4.78, 5) is 0.837. The Hall–Kier alpha value is -1.44. The highest BCUT2D eigenvalue weighted by molar-refractivity contribution is 7.94. The van der Waals surface area contributed by atoms with Gasteiger partial charge in [0.05, 0.1) is 10.6 Å². The normalized spacial score (nSPS) is 14.3. The largest absolute Gasteiger partial charge is 0.389 e. The molecule has 0 amide bonds. The Kier molecular flexibility index (Phi) is 3.27. The Bertz CT molecular complexity index is 780. The Morgan fingerprint density at radius 1 is 1.25 bits per heavy atom. The number of anilines is 1. The van der Waals surface area contributed by atoms with Gasteiger partial charge >= 0.3 is 0 Å². The Morgan fingerprint density at radius 3 is 2.70 bits per heavy atom. The first-order chi connectivity index (χ1) is 9.50. The lowest BCUT2D eigenvalue weighted by atomic mass is 10.2. The zero-order valence-corrected chi connectivity index (χ0v) is 12.9. The van der Waals surface area contributed by atoms with E-state index in [1.807, 2.05) is 24.3 Å². The van der Waals surface area contributed by atoms with Crippen molar-refractivity contribution in [3.8, 4) is 0 Å². The molecule has 0 saturated heterocycles. The first kappa shape index (κ1) is 13.5. The van der Waals surface area contributed by atoms with Crippen LogP contribution in [0.25, 0.3) is 0 Å². The van der Waals surface area contributed by atoms with E-state index >= 15 is 0 Å². The second-order valence-electron chi connectivity index (χ2n) is 4.44. The Balaban J connectivity index is 2.03. The fourth-order valence-corrected chi connectivity index (χ4v) is 5.23. The van der Waals surface area contributed by atoms with Crippen molar-refractivity contribution in [3.63, 3.8) is 0 Å². The molecular weight excluding hydrogens is 312 g/mol. The Labute approximate surface area is 126 Å². The van der Waals surface area contributed by atoms with Gasteiger partial charge < -0.3 is 5.73 Å². The first-order valence-corrected chi connectivity index (χ1v) is 8.67. The molecule has 0 atom stereocenters. The summed E-state index contributed by atoms with van der Waals surface area (Å²) >= 11 is 5.99. The molecule has 0 radical (unpaired) electrons. The molecule has 1 aliphatic rings. The number of hydrogen-bond acceptors (Lipinski definition) is 4. The standard InChI is InChI=1S/C13H12N2O2S3/c14-13(18)11-5-6-12(19-11)20(16,17)15-8-7-9-3-1-2-4-10(9)15/h1-6H,7-8H2,(H2,14,18). The molecule has 2 N–H and O–H groups in total. The molecule has 0 unspecified atom stereocenters. The second-order valence-corrected chi connectivity index (χ2v) is 8.05. The van der Waals surface area contributed by atoms with Crippen molar-refractivity contribution >= 4 is 44.3 Å². The van der Waals surface area contributed by atoms with Crippen LogP contribution in [0.5, 0.6) is 0 Å². The number of nitrogens with zero attached hydrogens (tertiary/aromatic N) is 1. The quantitative estimate of drug-likeness (QED) is 0.879. The van der Waals surface area contributed by atoms with Crippen molar-refractivity contribution in [2.45, 2.75) is 10.6 Å². The van der Waals surface area contributed by atoms with Gasteiger partial charge in [-0.3, -0.25) is 4.31 Å². The molecule has 104 valence electrons. The number of thiophene rings is 1. The van der Waals surface area contributed by atoms with Gasteiger partial charge in [0.25, 0.3) is 10.0 Å². The van der Waals surface area contributed by atoms with E-state index in [0.717, 1.165) is 29.0 Å². The zero-order chi connectivity index (χ0) is 14.3. The monoisotopic (exact) mass is 324 g/mol. The summed E-state index contributed by atoms with van der Waals surface area (Å²) in [6.07, 6.45) is 0.739. The van der Waals surface area contributed by atoms with Crippen LogP contribution in [-0.4, -0.2) is 20.0 Å². The van der Waals surface area contributed by atoms with Crippen molar-refractivity contribution in [1.82, 2.24) is 0 Å². The van der Waals surface area contributed by atoms with Crippen molar-refractivity contribution in [3.05, 3.63) is 46.8 Å². The predicted molar refractivity (Wildman–Crippen MR) is 84.9 cm³/mol. The number of thiocarbonyl (C=S) groups is 1. The van der Waals surface area contributed by atoms with Crippen molar-refractivity contribution < 1.29 is 8.42 Å². The summed E-state index contributed by atoms with van der Waals surface area (Å²) < 4.78 is 27.1. The van der Waals surface area contributed by atoms with Gasteiger partial charge in [-0.15, -0.1) is 11.3 Å². The average molecular weight is 324 g/mol. The number of para-hydroxylation sites is 1. The van der Waals surface area contributed by atoms with Crippen LogP contribution in [0.3, 0.4) is 0 Å². The third-order valence-corrected chi connectivity index (χ3v) is 6.96. The number of benzene rings is 1. The van der Waals surface area contributed by atoms with Crippen LogP contribution in [-0.2, 0) is 16.4 Å². The summed E-state index contributed by atoms with van der Waals surface area (Å²) in [5.41, 5.74) is 7.35. The molecule has 0 spiro atoms. The molecule has 1 aromatic heterocycles.